The number of ether oxygens (including phenoxy) is 1. The van der Waals surface area contributed by atoms with E-state index in [0.717, 1.165) is 0 Å². The highest BCUT2D eigenvalue weighted by atomic mass is 35.5. The van der Waals surface area contributed by atoms with E-state index < -0.39 is 17.6 Å². The molecule has 0 bridgehead atoms. The van der Waals surface area contributed by atoms with Crippen LogP contribution in [0.3, 0.4) is 0 Å². The van der Waals surface area contributed by atoms with Gasteiger partial charge in [-0.25, -0.2) is 18.6 Å². The second kappa shape index (κ2) is 6.75. The summed E-state index contributed by atoms with van der Waals surface area (Å²) >= 11 is 18.0. The average Bonchev–Trinajstić information content (AvgIpc) is 2.54. The number of halogens is 5. The van der Waals surface area contributed by atoms with Gasteiger partial charge in [-0.1, -0.05) is 34.8 Å². The van der Waals surface area contributed by atoms with Gasteiger partial charge in [-0.2, -0.15) is 0 Å². The first-order valence-electron chi connectivity index (χ1n) is 6.90. The predicted molar refractivity (Wildman–Crippen MR) is 92.8 cm³/mol. The lowest BCUT2D eigenvalue weighted by Crippen LogP contribution is -2.11. The van der Waals surface area contributed by atoms with E-state index in [0.29, 0.717) is 28.2 Å². The molecule has 3 aromatic rings. The van der Waals surface area contributed by atoms with Crippen molar-refractivity contribution in [2.24, 2.45) is 0 Å². The first-order valence-corrected chi connectivity index (χ1v) is 8.03. The minimum absolute atomic E-state index is 0.0441. The van der Waals surface area contributed by atoms with Crippen LogP contribution in [0.4, 0.5) is 8.78 Å². The zero-order chi connectivity index (χ0) is 18.3. The number of benzene rings is 2. The van der Waals surface area contributed by atoms with E-state index in [9.17, 15) is 13.6 Å². The van der Waals surface area contributed by atoms with Gasteiger partial charge in [0.25, 0.3) is 0 Å². The molecule has 128 valence electrons. The average molecular weight is 403 g/mol. The number of rotatable bonds is 2. The lowest BCUT2D eigenvalue weighted by Gasteiger charge is -2.12. The minimum atomic E-state index is -1.22. The summed E-state index contributed by atoms with van der Waals surface area (Å²) in [6.07, 6.45) is 0. The number of aryl methyl sites for hydroxylation is 1. The zero-order valence-corrected chi connectivity index (χ0v) is 14.8. The van der Waals surface area contributed by atoms with Gasteiger partial charge in [-0.05, 0) is 37.3 Å². The monoisotopic (exact) mass is 401 g/mol. The molecule has 0 spiro atoms. The largest absolute Gasteiger partial charge is 0.419 e. The summed E-state index contributed by atoms with van der Waals surface area (Å²) < 4.78 is 31.8. The van der Waals surface area contributed by atoms with Crippen molar-refractivity contribution in [2.45, 2.75) is 6.92 Å². The third-order valence-corrected chi connectivity index (χ3v) is 4.31. The summed E-state index contributed by atoms with van der Waals surface area (Å²) in [6, 6.07) is 6.19. The van der Waals surface area contributed by atoms with Crippen LogP contribution in [-0.4, -0.2) is 11.0 Å². The molecule has 0 atom stereocenters. The lowest BCUT2D eigenvalue weighted by molar-refractivity contribution is 0.0736. The number of hydrogen-bond donors (Lipinski definition) is 0. The van der Waals surface area contributed by atoms with E-state index in [2.05, 4.69) is 4.98 Å². The molecule has 8 heteroatoms. The van der Waals surface area contributed by atoms with Crippen molar-refractivity contribution in [1.29, 1.82) is 0 Å². The fourth-order valence-electron chi connectivity index (χ4n) is 2.21. The number of esters is 1. The second-order valence-corrected chi connectivity index (χ2v) is 6.38. The molecule has 0 aliphatic carbocycles. The predicted octanol–water partition coefficient (Wildman–Crippen LogP) is 6.00. The number of carbonyl (C=O) groups excluding carboxylic acids is 1. The number of aromatic nitrogens is 1. The number of fused-ring (bicyclic) bond motifs is 1. The number of hydrogen-bond acceptors (Lipinski definition) is 3. The molecule has 3 nitrogen and oxygen atoms in total. The summed E-state index contributed by atoms with van der Waals surface area (Å²) in [6.45, 7) is 1.74. The molecule has 3 rings (SSSR count). The Morgan fingerprint density at radius 1 is 1.00 bits per heavy atom. The van der Waals surface area contributed by atoms with Gasteiger partial charge in [0.1, 0.15) is 5.52 Å². The van der Waals surface area contributed by atoms with Crippen molar-refractivity contribution in [1.82, 2.24) is 4.98 Å². The van der Waals surface area contributed by atoms with Crippen molar-refractivity contribution in [3.05, 3.63) is 68.3 Å². The lowest BCUT2D eigenvalue weighted by atomic mass is 10.2. The van der Waals surface area contributed by atoms with Crippen LogP contribution in [0.25, 0.3) is 10.9 Å². The summed E-state index contributed by atoms with van der Waals surface area (Å²) in [4.78, 5) is 16.6. The standard InChI is InChI=1S/C17H8Cl3F2NO2/c1-7-2-3-8-10(18)5-12(20)16(15(8)23-7)25-17(24)9-4-13(21)14(22)6-11(9)19/h2-6H,1H3. The van der Waals surface area contributed by atoms with Gasteiger partial charge in [0, 0.05) is 11.1 Å². The molecule has 0 saturated heterocycles. The first kappa shape index (κ1) is 17.9. The Kier molecular flexibility index (Phi) is 4.82. The van der Waals surface area contributed by atoms with Crippen molar-refractivity contribution in [3.63, 3.8) is 0 Å². The fourth-order valence-corrected chi connectivity index (χ4v) is 3.00. The van der Waals surface area contributed by atoms with Crippen LogP contribution in [0, 0.1) is 18.6 Å². The van der Waals surface area contributed by atoms with Crippen molar-refractivity contribution >= 4 is 51.7 Å². The smallest absolute Gasteiger partial charge is 0.345 e. The second-order valence-electron chi connectivity index (χ2n) is 5.15. The minimum Gasteiger partial charge on any atom is -0.419 e. The maximum Gasteiger partial charge on any atom is 0.345 e. The van der Waals surface area contributed by atoms with Crippen molar-refractivity contribution in [3.8, 4) is 5.75 Å². The molecule has 1 heterocycles. The van der Waals surface area contributed by atoms with Crippen LogP contribution >= 0.6 is 34.8 Å². The van der Waals surface area contributed by atoms with E-state index in [-0.39, 0.29) is 26.9 Å². The molecule has 0 aliphatic heterocycles. The van der Waals surface area contributed by atoms with E-state index in [4.69, 9.17) is 39.5 Å². The zero-order valence-electron chi connectivity index (χ0n) is 12.5. The maximum absolute atomic E-state index is 13.4. The number of pyridine rings is 1. The summed E-state index contributed by atoms with van der Waals surface area (Å²) in [7, 11) is 0. The molecular formula is C17H8Cl3F2NO2. The Morgan fingerprint density at radius 3 is 2.40 bits per heavy atom. The molecule has 0 unspecified atom stereocenters. The molecule has 0 radical (unpaired) electrons. The summed E-state index contributed by atoms with van der Waals surface area (Å²) in [5, 5.41) is 0.610. The molecule has 0 amide bonds. The highest BCUT2D eigenvalue weighted by Crippen LogP contribution is 2.38. The number of nitrogens with zero attached hydrogens (tertiary/aromatic N) is 1. The third kappa shape index (κ3) is 3.40. The Balaban J connectivity index is 2.11. The van der Waals surface area contributed by atoms with Gasteiger partial charge in [-0.3, -0.25) is 0 Å². The van der Waals surface area contributed by atoms with E-state index in [1.54, 1.807) is 19.1 Å². The van der Waals surface area contributed by atoms with Crippen LogP contribution < -0.4 is 4.74 Å². The van der Waals surface area contributed by atoms with E-state index in [1.807, 2.05) is 0 Å². The van der Waals surface area contributed by atoms with Gasteiger partial charge in [0.2, 0.25) is 0 Å². The van der Waals surface area contributed by atoms with Gasteiger partial charge >= 0.3 is 5.97 Å². The Labute approximate surface area is 156 Å². The van der Waals surface area contributed by atoms with Crippen LogP contribution in [0.15, 0.2) is 30.3 Å². The SMILES string of the molecule is Cc1ccc2c(Cl)cc(Cl)c(OC(=O)c3cc(F)c(F)cc3Cl)c2n1. The Bertz CT molecular complexity index is 1020. The van der Waals surface area contributed by atoms with E-state index in [1.165, 1.54) is 6.07 Å². The molecule has 0 aliphatic rings. The van der Waals surface area contributed by atoms with Crippen molar-refractivity contribution in [2.75, 3.05) is 0 Å². The van der Waals surface area contributed by atoms with Crippen LogP contribution in [0.2, 0.25) is 15.1 Å². The molecule has 0 saturated carbocycles. The molecule has 25 heavy (non-hydrogen) atoms. The molecule has 1 aromatic heterocycles. The van der Waals surface area contributed by atoms with Crippen LogP contribution in [0.5, 0.6) is 5.75 Å². The van der Waals surface area contributed by atoms with Crippen molar-refractivity contribution < 1.29 is 18.3 Å². The van der Waals surface area contributed by atoms with Gasteiger partial charge in [0.15, 0.2) is 17.4 Å². The van der Waals surface area contributed by atoms with Crippen LogP contribution in [-0.2, 0) is 0 Å². The molecular weight excluding hydrogens is 395 g/mol. The van der Waals surface area contributed by atoms with Gasteiger partial charge < -0.3 is 4.74 Å². The Morgan fingerprint density at radius 2 is 1.68 bits per heavy atom. The topological polar surface area (TPSA) is 39.2 Å². The third-order valence-electron chi connectivity index (χ3n) is 3.40. The Hall–Kier alpha value is -1.95. The highest BCUT2D eigenvalue weighted by molar-refractivity contribution is 6.40. The fraction of sp³-hybridized carbons (Fsp3) is 0.0588. The summed E-state index contributed by atoms with van der Waals surface area (Å²) in [5.74, 6) is -3.44. The molecule has 0 fully saturated rings. The number of carbonyl (C=O) groups is 1. The van der Waals surface area contributed by atoms with Crippen LogP contribution in [0.1, 0.15) is 16.1 Å². The van der Waals surface area contributed by atoms with E-state index >= 15 is 0 Å². The highest BCUT2D eigenvalue weighted by Gasteiger charge is 2.21. The molecule has 2 aromatic carbocycles. The van der Waals surface area contributed by atoms with Gasteiger partial charge in [0.05, 0.1) is 20.6 Å². The maximum atomic E-state index is 13.4. The first-order chi connectivity index (χ1) is 11.8. The molecule has 0 N–H and O–H groups in total. The summed E-state index contributed by atoms with van der Waals surface area (Å²) in [5.41, 5.74) is 0.575. The normalized spacial score (nSPS) is 11.0. The van der Waals surface area contributed by atoms with Gasteiger partial charge in [-0.15, -0.1) is 0 Å². The quantitative estimate of drug-likeness (QED) is 0.300.